The zero-order valence-corrected chi connectivity index (χ0v) is 17.8. The fourth-order valence-electron chi connectivity index (χ4n) is 3.07. The number of halogens is 1. The highest BCUT2D eigenvalue weighted by atomic mass is 35.5. The zero-order chi connectivity index (χ0) is 21.8. The second kappa shape index (κ2) is 8.83. The van der Waals surface area contributed by atoms with E-state index in [9.17, 15) is 13.2 Å². The lowest BCUT2D eigenvalue weighted by atomic mass is 10.2. The number of hydrogen-bond donors (Lipinski definition) is 0. The minimum absolute atomic E-state index is 0.0897. The maximum Gasteiger partial charge on any atom is 0.290 e. The largest absolute Gasteiger partial charge is 0.467 e. The monoisotopic (exact) mass is 455 g/mol. The van der Waals surface area contributed by atoms with Crippen molar-refractivity contribution in [2.45, 2.75) is 23.1 Å². The van der Waals surface area contributed by atoms with Gasteiger partial charge in [-0.1, -0.05) is 48.0 Å². The number of sulfone groups is 1. The summed E-state index contributed by atoms with van der Waals surface area (Å²) in [7, 11) is -3.87. The molecule has 2 aromatic heterocycles. The molecule has 0 aliphatic carbocycles. The first-order chi connectivity index (χ1) is 14.9. The Balaban J connectivity index is 1.63. The van der Waals surface area contributed by atoms with Crippen LogP contribution in [-0.2, 0) is 22.9 Å². The highest BCUT2D eigenvalue weighted by Gasteiger charge is 2.26. The van der Waals surface area contributed by atoms with E-state index >= 15 is 0 Å². The van der Waals surface area contributed by atoms with E-state index in [0.29, 0.717) is 10.8 Å². The van der Waals surface area contributed by atoms with Crippen molar-refractivity contribution in [2.24, 2.45) is 0 Å². The highest BCUT2D eigenvalue weighted by molar-refractivity contribution is 7.91. The first kappa shape index (κ1) is 21.0. The lowest BCUT2D eigenvalue weighted by Crippen LogP contribution is -2.29. The van der Waals surface area contributed by atoms with Gasteiger partial charge in [0.05, 0.1) is 17.7 Å². The molecule has 0 unspecified atom stereocenters. The molecular weight excluding hydrogens is 438 g/mol. The number of hydrogen-bond acceptors (Lipinski definition) is 5. The Bertz CT molecular complexity index is 1280. The number of carbonyl (C=O) groups excluding carboxylic acids is 1. The van der Waals surface area contributed by atoms with Crippen LogP contribution in [0.1, 0.15) is 21.9 Å². The number of benzene rings is 2. The number of carbonyl (C=O) groups is 1. The van der Waals surface area contributed by atoms with E-state index in [1.165, 1.54) is 35.4 Å². The van der Waals surface area contributed by atoms with Gasteiger partial charge in [-0.3, -0.25) is 4.79 Å². The summed E-state index contributed by atoms with van der Waals surface area (Å²) in [4.78, 5) is 14.8. The van der Waals surface area contributed by atoms with Gasteiger partial charge in [0.1, 0.15) is 5.76 Å². The Hall–Kier alpha value is -3.29. The molecule has 158 valence electrons. The summed E-state index contributed by atoms with van der Waals surface area (Å²) in [6.07, 6.45) is 1.52. The fourth-order valence-corrected chi connectivity index (χ4v) is 4.46. The Kier molecular flexibility index (Phi) is 5.97. The van der Waals surface area contributed by atoms with Crippen molar-refractivity contribution < 1.29 is 22.0 Å². The molecule has 4 aromatic rings. The summed E-state index contributed by atoms with van der Waals surface area (Å²) in [6.45, 7) is 0.360. The molecule has 0 saturated carbocycles. The topological polar surface area (TPSA) is 80.7 Å². The molecule has 0 atom stereocenters. The molecule has 1 amide bonds. The van der Waals surface area contributed by atoms with Crippen LogP contribution in [-0.4, -0.2) is 19.2 Å². The van der Waals surface area contributed by atoms with Gasteiger partial charge in [0.25, 0.3) is 5.91 Å². The molecule has 6 nitrogen and oxygen atoms in total. The van der Waals surface area contributed by atoms with Crippen LogP contribution in [0.3, 0.4) is 0 Å². The second-order valence-corrected chi connectivity index (χ2v) is 9.06. The molecule has 31 heavy (non-hydrogen) atoms. The Morgan fingerprint density at radius 1 is 0.871 bits per heavy atom. The van der Waals surface area contributed by atoms with Crippen molar-refractivity contribution in [3.63, 3.8) is 0 Å². The number of rotatable bonds is 7. The molecular formula is C23H18ClNO5S. The van der Waals surface area contributed by atoms with Gasteiger partial charge in [-0.15, -0.1) is 0 Å². The maximum atomic E-state index is 13.2. The van der Waals surface area contributed by atoms with Crippen molar-refractivity contribution in [1.29, 1.82) is 0 Å². The Labute approximate surface area is 184 Å². The lowest BCUT2D eigenvalue weighted by molar-refractivity contribution is 0.0679. The van der Waals surface area contributed by atoms with Crippen LogP contribution < -0.4 is 0 Å². The standard InChI is InChI=1S/C23H18ClNO5S/c24-20-11-5-4-7-17(20)15-25(16-18-8-6-14-29-18)23(26)21-12-13-22(30-21)31(27,28)19-9-2-1-3-10-19/h1-14H,15-16H2. The first-order valence-electron chi connectivity index (χ1n) is 9.40. The van der Waals surface area contributed by atoms with Crippen LogP contribution in [0.25, 0.3) is 0 Å². The normalized spacial score (nSPS) is 11.4. The van der Waals surface area contributed by atoms with Crippen molar-refractivity contribution in [1.82, 2.24) is 4.90 Å². The van der Waals surface area contributed by atoms with Gasteiger partial charge in [0.2, 0.25) is 14.9 Å². The average Bonchev–Trinajstić information content (AvgIpc) is 3.47. The van der Waals surface area contributed by atoms with Crippen molar-refractivity contribution in [2.75, 3.05) is 0 Å². The van der Waals surface area contributed by atoms with E-state index in [4.69, 9.17) is 20.4 Å². The van der Waals surface area contributed by atoms with Gasteiger partial charge in [-0.05, 0) is 48.0 Å². The van der Waals surface area contributed by atoms with Gasteiger partial charge in [-0.25, -0.2) is 8.42 Å². The summed E-state index contributed by atoms with van der Waals surface area (Å²) in [5.74, 6) is 0.00281. The molecule has 0 N–H and O–H groups in total. The fraction of sp³-hybridized carbons (Fsp3) is 0.0870. The molecule has 0 aliphatic heterocycles. The molecule has 8 heteroatoms. The van der Waals surface area contributed by atoms with E-state index in [-0.39, 0.29) is 28.8 Å². The van der Waals surface area contributed by atoms with Gasteiger partial charge < -0.3 is 13.7 Å². The van der Waals surface area contributed by atoms with Crippen molar-refractivity contribution in [3.05, 3.63) is 107 Å². The first-order valence-corrected chi connectivity index (χ1v) is 11.3. The smallest absolute Gasteiger partial charge is 0.290 e. The van der Waals surface area contributed by atoms with Crippen LogP contribution in [0.4, 0.5) is 0 Å². The van der Waals surface area contributed by atoms with Gasteiger partial charge >= 0.3 is 0 Å². The molecule has 0 spiro atoms. The summed E-state index contributed by atoms with van der Waals surface area (Å²) in [5.41, 5.74) is 0.743. The third-order valence-electron chi connectivity index (χ3n) is 4.64. The molecule has 2 aromatic carbocycles. The van der Waals surface area contributed by atoms with Crippen LogP contribution in [0.5, 0.6) is 0 Å². The summed E-state index contributed by atoms with van der Waals surface area (Å²) < 4.78 is 36.4. The van der Waals surface area contributed by atoms with Crippen molar-refractivity contribution in [3.8, 4) is 0 Å². The van der Waals surface area contributed by atoms with E-state index in [1.54, 1.807) is 42.5 Å². The zero-order valence-electron chi connectivity index (χ0n) is 16.3. The van der Waals surface area contributed by atoms with E-state index in [2.05, 4.69) is 0 Å². The number of furan rings is 2. The van der Waals surface area contributed by atoms with E-state index in [0.717, 1.165) is 5.56 Å². The summed E-state index contributed by atoms with van der Waals surface area (Å²) in [5, 5.41) is 0.226. The summed E-state index contributed by atoms with van der Waals surface area (Å²) >= 11 is 6.27. The number of nitrogens with zero attached hydrogens (tertiary/aromatic N) is 1. The third-order valence-corrected chi connectivity index (χ3v) is 6.65. The van der Waals surface area contributed by atoms with E-state index < -0.39 is 15.7 Å². The molecule has 0 fully saturated rings. The lowest BCUT2D eigenvalue weighted by Gasteiger charge is -2.21. The Morgan fingerprint density at radius 2 is 1.61 bits per heavy atom. The van der Waals surface area contributed by atoms with Gasteiger partial charge in [0, 0.05) is 11.6 Å². The van der Waals surface area contributed by atoms with Crippen LogP contribution in [0, 0.1) is 0 Å². The molecule has 0 radical (unpaired) electrons. The summed E-state index contributed by atoms with van der Waals surface area (Å²) in [6, 6.07) is 21.2. The SMILES string of the molecule is O=C(c1ccc(S(=O)(=O)c2ccccc2)o1)N(Cc1ccco1)Cc1ccccc1Cl. The molecule has 0 aliphatic rings. The molecule has 4 rings (SSSR count). The third kappa shape index (κ3) is 4.57. The van der Waals surface area contributed by atoms with Gasteiger partial charge in [-0.2, -0.15) is 0 Å². The average molecular weight is 456 g/mol. The van der Waals surface area contributed by atoms with Crippen LogP contribution in [0.2, 0.25) is 5.02 Å². The molecule has 2 heterocycles. The predicted molar refractivity (Wildman–Crippen MR) is 114 cm³/mol. The Morgan fingerprint density at radius 3 is 2.32 bits per heavy atom. The maximum absolute atomic E-state index is 13.2. The highest BCUT2D eigenvalue weighted by Crippen LogP contribution is 2.25. The van der Waals surface area contributed by atoms with Crippen LogP contribution in [0.15, 0.2) is 104 Å². The predicted octanol–water partition coefficient (Wildman–Crippen LogP) is 5.20. The quantitative estimate of drug-likeness (QED) is 0.382. The number of amides is 1. The minimum Gasteiger partial charge on any atom is -0.467 e. The van der Waals surface area contributed by atoms with Gasteiger partial charge in [0.15, 0.2) is 5.76 Å². The van der Waals surface area contributed by atoms with Crippen molar-refractivity contribution >= 4 is 27.3 Å². The minimum atomic E-state index is -3.87. The second-order valence-electron chi connectivity index (χ2n) is 6.77. The van der Waals surface area contributed by atoms with E-state index in [1.807, 2.05) is 12.1 Å². The molecule has 0 bridgehead atoms. The van der Waals surface area contributed by atoms with Crippen LogP contribution >= 0.6 is 11.6 Å². The molecule has 0 saturated heterocycles.